The highest BCUT2D eigenvalue weighted by molar-refractivity contribution is 5.69. The Morgan fingerprint density at radius 2 is 2.16 bits per heavy atom. The van der Waals surface area contributed by atoms with Gasteiger partial charge in [0.2, 0.25) is 0 Å². The van der Waals surface area contributed by atoms with Gasteiger partial charge in [0.1, 0.15) is 6.61 Å². The number of aromatic amines is 1. The van der Waals surface area contributed by atoms with Crippen LogP contribution in [-0.4, -0.2) is 26.6 Å². The highest BCUT2D eigenvalue weighted by atomic mass is 16.5. The molecular formula is C12H15N5O2. The zero-order valence-corrected chi connectivity index (χ0v) is 10.3. The fourth-order valence-corrected chi connectivity index (χ4v) is 1.54. The average molecular weight is 261 g/mol. The van der Waals surface area contributed by atoms with Gasteiger partial charge < -0.3 is 10.5 Å². The first-order valence-electron chi connectivity index (χ1n) is 5.94. The van der Waals surface area contributed by atoms with Crippen molar-refractivity contribution in [1.82, 2.24) is 20.6 Å². The van der Waals surface area contributed by atoms with Crippen molar-refractivity contribution in [3.05, 3.63) is 41.7 Å². The molecule has 0 saturated heterocycles. The van der Waals surface area contributed by atoms with E-state index in [1.54, 1.807) is 0 Å². The average Bonchev–Trinajstić information content (AvgIpc) is 2.98. The number of nitrogens with zero attached hydrogens (tertiary/aromatic N) is 3. The second-order valence-corrected chi connectivity index (χ2v) is 4.06. The number of hydrogen-bond acceptors (Lipinski definition) is 6. The van der Waals surface area contributed by atoms with E-state index in [-0.39, 0.29) is 19.0 Å². The van der Waals surface area contributed by atoms with E-state index in [1.807, 2.05) is 30.3 Å². The van der Waals surface area contributed by atoms with E-state index in [0.29, 0.717) is 12.2 Å². The van der Waals surface area contributed by atoms with E-state index in [9.17, 15) is 4.79 Å². The molecule has 0 unspecified atom stereocenters. The number of tetrazole rings is 1. The van der Waals surface area contributed by atoms with Crippen molar-refractivity contribution < 1.29 is 9.53 Å². The van der Waals surface area contributed by atoms with E-state index in [2.05, 4.69) is 20.6 Å². The topological polar surface area (TPSA) is 107 Å². The summed E-state index contributed by atoms with van der Waals surface area (Å²) in [4.78, 5) is 11.5. The maximum atomic E-state index is 11.5. The van der Waals surface area contributed by atoms with E-state index in [0.717, 1.165) is 5.56 Å². The van der Waals surface area contributed by atoms with Crippen molar-refractivity contribution in [2.24, 2.45) is 5.73 Å². The summed E-state index contributed by atoms with van der Waals surface area (Å²) in [5.74, 6) is 0.110. The summed E-state index contributed by atoms with van der Waals surface area (Å²) in [5.41, 5.74) is 6.76. The predicted molar refractivity (Wildman–Crippen MR) is 66.6 cm³/mol. The molecule has 0 amide bonds. The number of ether oxygens (including phenoxy) is 1. The molecule has 19 heavy (non-hydrogen) atoms. The van der Waals surface area contributed by atoms with E-state index in [1.165, 1.54) is 0 Å². The molecule has 0 aliphatic heterocycles. The molecule has 0 spiro atoms. The Hall–Kier alpha value is -2.28. The number of aromatic nitrogens is 4. The lowest BCUT2D eigenvalue weighted by atomic mass is 10.1. The summed E-state index contributed by atoms with van der Waals surface area (Å²) in [6.07, 6.45) is 0.649. The van der Waals surface area contributed by atoms with Gasteiger partial charge in [0, 0.05) is 6.42 Å². The van der Waals surface area contributed by atoms with E-state index >= 15 is 0 Å². The molecule has 0 fully saturated rings. The van der Waals surface area contributed by atoms with Gasteiger partial charge in [0.25, 0.3) is 0 Å². The van der Waals surface area contributed by atoms with Gasteiger partial charge in [-0.25, -0.2) is 0 Å². The van der Waals surface area contributed by atoms with Crippen molar-refractivity contribution in [2.45, 2.75) is 25.5 Å². The molecule has 100 valence electrons. The van der Waals surface area contributed by atoms with E-state index < -0.39 is 6.04 Å². The molecular weight excluding hydrogens is 246 g/mol. The van der Waals surface area contributed by atoms with Crippen LogP contribution in [0.25, 0.3) is 0 Å². The van der Waals surface area contributed by atoms with Crippen LogP contribution >= 0.6 is 0 Å². The predicted octanol–water partition coefficient (Wildman–Crippen LogP) is 0.723. The summed E-state index contributed by atoms with van der Waals surface area (Å²) in [7, 11) is 0. The molecule has 2 aromatic rings. The van der Waals surface area contributed by atoms with Crippen molar-refractivity contribution >= 4 is 5.97 Å². The first-order valence-corrected chi connectivity index (χ1v) is 5.94. The van der Waals surface area contributed by atoms with Crippen LogP contribution in [0, 0.1) is 0 Å². The molecule has 0 aliphatic rings. The molecule has 2 rings (SSSR count). The molecule has 1 aromatic heterocycles. The molecule has 3 N–H and O–H groups in total. The SMILES string of the molecule is N[C@@H](CCC(=O)OCc1ccccc1)c1nn[nH]n1. The monoisotopic (exact) mass is 261 g/mol. The second-order valence-electron chi connectivity index (χ2n) is 4.06. The first kappa shape index (κ1) is 13.2. The molecule has 1 heterocycles. The van der Waals surface area contributed by atoms with Crippen molar-refractivity contribution in [3.8, 4) is 0 Å². The largest absolute Gasteiger partial charge is 0.461 e. The Labute approximate surface area is 110 Å². The fraction of sp³-hybridized carbons (Fsp3) is 0.333. The van der Waals surface area contributed by atoms with Gasteiger partial charge >= 0.3 is 5.97 Å². The van der Waals surface area contributed by atoms with Crippen LogP contribution in [0.2, 0.25) is 0 Å². The Kier molecular flexibility index (Phi) is 4.57. The van der Waals surface area contributed by atoms with E-state index in [4.69, 9.17) is 10.5 Å². The highest BCUT2D eigenvalue weighted by Crippen LogP contribution is 2.10. The van der Waals surface area contributed by atoms with Gasteiger partial charge in [0.15, 0.2) is 5.82 Å². The van der Waals surface area contributed by atoms with Gasteiger partial charge in [0.05, 0.1) is 6.04 Å². The van der Waals surface area contributed by atoms with Gasteiger partial charge in [-0.15, -0.1) is 10.2 Å². The normalized spacial score (nSPS) is 12.1. The summed E-state index contributed by atoms with van der Waals surface area (Å²) in [6, 6.07) is 9.10. The Morgan fingerprint density at radius 1 is 1.37 bits per heavy atom. The molecule has 0 aliphatic carbocycles. The maximum absolute atomic E-state index is 11.5. The lowest BCUT2D eigenvalue weighted by molar-refractivity contribution is -0.145. The molecule has 0 saturated carbocycles. The summed E-state index contributed by atoms with van der Waals surface area (Å²) >= 11 is 0. The maximum Gasteiger partial charge on any atom is 0.306 e. The van der Waals surface area contributed by atoms with Gasteiger partial charge in [-0.3, -0.25) is 4.79 Å². The third-order valence-corrected chi connectivity index (χ3v) is 2.60. The fourth-order valence-electron chi connectivity index (χ4n) is 1.54. The standard InChI is InChI=1S/C12H15N5O2/c13-10(12-14-16-17-15-12)6-7-11(18)19-8-9-4-2-1-3-5-9/h1-5,10H,6-8,13H2,(H,14,15,16,17)/t10-/m0/s1. The molecule has 1 aromatic carbocycles. The Balaban J connectivity index is 1.70. The van der Waals surface area contributed by atoms with Crippen molar-refractivity contribution in [3.63, 3.8) is 0 Å². The number of H-pyrrole nitrogens is 1. The number of carbonyl (C=O) groups is 1. The van der Waals surface area contributed by atoms with Crippen LogP contribution in [0.1, 0.15) is 30.3 Å². The van der Waals surface area contributed by atoms with Crippen LogP contribution in [0.4, 0.5) is 0 Å². The third-order valence-electron chi connectivity index (χ3n) is 2.60. The number of nitrogens with one attached hydrogen (secondary N) is 1. The molecule has 0 radical (unpaired) electrons. The summed E-state index contributed by atoms with van der Waals surface area (Å²) < 4.78 is 5.14. The molecule has 1 atom stereocenters. The van der Waals surface area contributed by atoms with Crippen LogP contribution in [0.3, 0.4) is 0 Å². The number of benzene rings is 1. The number of carbonyl (C=O) groups excluding carboxylic acids is 1. The Morgan fingerprint density at radius 3 is 2.84 bits per heavy atom. The van der Waals surface area contributed by atoms with Gasteiger partial charge in [-0.1, -0.05) is 35.5 Å². The van der Waals surface area contributed by atoms with Crippen LogP contribution in [0.5, 0.6) is 0 Å². The van der Waals surface area contributed by atoms with Crippen LogP contribution < -0.4 is 5.73 Å². The minimum absolute atomic E-state index is 0.225. The minimum atomic E-state index is -0.414. The highest BCUT2D eigenvalue weighted by Gasteiger charge is 2.13. The lowest BCUT2D eigenvalue weighted by Gasteiger charge is -2.07. The van der Waals surface area contributed by atoms with Gasteiger partial charge in [-0.2, -0.15) is 5.21 Å². The second kappa shape index (κ2) is 6.60. The molecule has 7 nitrogen and oxygen atoms in total. The lowest BCUT2D eigenvalue weighted by Crippen LogP contribution is -2.15. The van der Waals surface area contributed by atoms with Gasteiger partial charge in [-0.05, 0) is 12.0 Å². The quantitative estimate of drug-likeness (QED) is 0.742. The van der Waals surface area contributed by atoms with Crippen molar-refractivity contribution in [1.29, 1.82) is 0 Å². The number of esters is 1. The van der Waals surface area contributed by atoms with Crippen LogP contribution in [-0.2, 0) is 16.1 Å². The number of nitrogens with two attached hydrogens (primary N) is 1. The molecule has 0 bridgehead atoms. The summed E-state index contributed by atoms with van der Waals surface area (Å²) in [5, 5.41) is 13.3. The van der Waals surface area contributed by atoms with Crippen molar-refractivity contribution in [2.75, 3.05) is 0 Å². The minimum Gasteiger partial charge on any atom is -0.461 e. The number of rotatable bonds is 6. The smallest absolute Gasteiger partial charge is 0.306 e. The molecule has 7 heteroatoms. The first-order chi connectivity index (χ1) is 9.25. The number of hydrogen-bond donors (Lipinski definition) is 2. The van der Waals surface area contributed by atoms with Crippen LogP contribution in [0.15, 0.2) is 30.3 Å². The Bertz CT molecular complexity index is 500. The summed E-state index contributed by atoms with van der Waals surface area (Å²) in [6.45, 7) is 0.275. The third kappa shape index (κ3) is 4.14. The zero-order valence-electron chi connectivity index (χ0n) is 10.3. The zero-order chi connectivity index (χ0) is 13.5.